The Labute approximate surface area is 120 Å². The standard InChI is InChI=1S/C13H14F2N2O3S/c1-2-17-7-13(6-12(17)8-18)21(19,20)16-11-4-9(14)3-10(15)5-11/h3-7,16,18H,2,8H2,1H3. The Bertz CT molecular complexity index is 715. The molecule has 1 aromatic heterocycles. The lowest BCUT2D eigenvalue weighted by atomic mass is 10.3. The van der Waals surface area contributed by atoms with Gasteiger partial charge in [0.25, 0.3) is 10.0 Å². The highest BCUT2D eigenvalue weighted by molar-refractivity contribution is 7.92. The Morgan fingerprint density at radius 1 is 1.19 bits per heavy atom. The van der Waals surface area contributed by atoms with Crippen LogP contribution in [-0.2, 0) is 23.2 Å². The number of hydrogen-bond acceptors (Lipinski definition) is 3. The van der Waals surface area contributed by atoms with Crippen LogP contribution in [0.15, 0.2) is 35.4 Å². The predicted molar refractivity (Wildman–Crippen MR) is 73.2 cm³/mol. The summed E-state index contributed by atoms with van der Waals surface area (Å²) in [6.07, 6.45) is 1.35. The van der Waals surface area contributed by atoms with Crippen molar-refractivity contribution in [1.82, 2.24) is 4.57 Å². The fraction of sp³-hybridized carbons (Fsp3) is 0.231. The van der Waals surface area contributed by atoms with Gasteiger partial charge in [0.15, 0.2) is 0 Å². The largest absolute Gasteiger partial charge is 0.390 e. The first-order valence-electron chi connectivity index (χ1n) is 6.14. The number of nitrogens with zero attached hydrogens (tertiary/aromatic N) is 1. The summed E-state index contributed by atoms with van der Waals surface area (Å²) in [5.41, 5.74) is 0.227. The van der Waals surface area contributed by atoms with Crippen molar-refractivity contribution in [2.45, 2.75) is 25.0 Å². The van der Waals surface area contributed by atoms with Crippen molar-refractivity contribution < 1.29 is 22.3 Å². The van der Waals surface area contributed by atoms with E-state index < -0.39 is 21.7 Å². The smallest absolute Gasteiger partial charge is 0.263 e. The van der Waals surface area contributed by atoms with E-state index in [0.717, 1.165) is 12.1 Å². The molecular formula is C13H14F2N2O3S. The second-order valence-electron chi connectivity index (χ2n) is 4.37. The zero-order valence-corrected chi connectivity index (χ0v) is 12.0. The maximum atomic E-state index is 13.1. The third kappa shape index (κ3) is 3.40. The normalized spacial score (nSPS) is 11.6. The van der Waals surface area contributed by atoms with Gasteiger partial charge in [-0.15, -0.1) is 0 Å². The van der Waals surface area contributed by atoms with Crippen molar-refractivity contribution in [1.29, 1.82) is 0 Å². The highest BCUT2D eigenvalue weighted by Gasteiger charge is 2.18. The predicted octanol–water partition coefficient (Wildman–Crippen LogP) is 2.08. The molecule has 0 radical (unpaired) electrons. The lowest BCUT2D eigenvalue weighted by molar-refractivity contribution is 0.271. The van der Waals surface area contributed by atoms with Gasteiger partial charge in [0.2, 0.25) is 0 Å². The first-order chi connectivity index (χ1) is 9.85. The van der Waals surface area contributed by atoms with Gasteiger partial charge in [0.1, 0.15) is 16.5 Å². The number of anilines is 1. The third-order valence-corrected chi connectivity index (χ3v) is 4.24. The van der Waals surface area contributed by atoms with Crippen LogP contribution in [0, 0.1) is 11.6 Å². The van der Waals surface area contributed by atoms with Gasteiger partial charge in [-0.1, -0.05) is 0 Å². The lowest BCUT2D eigenvalue weighted by Gasteiger charge is -2.06. The Morgan fingerprint density at radius 2 is 1.81 bits per heavy atom. The molecule has 2 N–H and O–H groups in total. The number of aliphatic hydroxyl groups is 1. The van der Waals surface area contributed by atoms with E-state index in [1.165, 1.54) is 12.3 Å². The fourth-order valence-electron chi connectivity index (χ4n) is 1.93. The van der Waals surface area contributed by atoms with Gasteiger partial charge in [-0.2, -0.15) is 0 Å². The van der Waals surface area contributed by atoms with Crippen LogP contribution < -0.4 is 4.72 Å². The van der Waals surface area contributed by atoms with Crippen LogP contribution >= 0.6 is 0 Å². The number of aliphatic hydroxyl groups excluding tert-OH is 1. The van der Waals surface area contributed by atoms with Gasteiger partial charge in [-0.3, -0.25) is 4.72 Å². The van der Waals surface area contributed by atoms with Crippen molar-refractivity contribution in [3.63, 3.8) is 0 Å². The molecule has 0 saturated carbocycles. The SMILES string of the molecule is CCn1cc(S(=O)(=O)Nc2cc(F)cc(F)c2)cc1CO. The summed E-state index contributed by atoms with van der Waals surface area (Å²) in [4.78, 5) is -0.0851. The molecule has 0 spiro atoms. The molecule has 0 aliphatic rings. The topological polar surface area (TPSA) is 71.3 Å². The van der Waals surface area contributed by atoms with Crippen molar-refractivity contribution >= 4 is 15.7 Å². The molecule has 2 rings (SSSR count). The van der Waals surface area contributed by atoms with Gasteiger partial charge < -0.3 is 9.67 Å². The summed E-state index contributed by atoms with van der Waals surface area (Å²) in [6, 6.07) is 3.71. The van der Waals surface area contributed by atoms with Gasteiger partial charge >= 0.3 is 0 Å². The molecule has 1 heterocycles. The molecule has 0 bridgehead atoms. The lowest BCUT2D eigenvalue weighted by Crippen LogP contribution is -2.12. The van der Waals surface area contributed by atoms with E-state index in [1.54, 1.807) is 11.5 Å². The Hall–Kier alpha value is -1.93. The molecule has 0 aliphatic carbocycles. The Kier molecular flexibility index (Phi) is 4.29. The first-order valence-corrected chi connectivity index (χ1v) is 7.63. The van der Waals surface area contributed by atoms with E-state index in [2.05, 4.69) is 4.72 Å². The average molecular weight is 316 g/mol. The molecule has 0 fully saturated rings. The molecule has 0 unspecified atom stereocenters. The summed E-state index contributed by atoms with van der Waals surface area (Å²) in [5.74, 6) is -1.76. The van der Waals surface area contributed by atoms with E-state index in [0.29, 0.717) is 18.3 Å². The van der Waals surface area contributed by atoms with E-state index in [1.807, 2.05) is 0 Å². The average Bonchev–Trinajstić information content (AvgIpc) is 2.80. The van der Waals surface area contributed by atoms with Crippen LogP contribution in [0.4, 0.5) is 14.5 Å². The van der Waals surface area contributed by atoms with Crippen molar-refractivity contribution in [3.8, 4) is 0 Å². The highest BCUT2D eigenvalue weighted by atomic mass is 32.2. The van der Waals surface area contributed by atoms with Crippen LogP contribution in [-0.4, -0.2) is 18.1 Å². The number of halogens is 2. The first kappa shape index (κ1) is 15.5. The van der Waals surface area contributed by atoms with Crippen molar-refractivity contribution in [2.24, 2.45) is 0 Å². The fourth-order valence-corrected chi connectivity index (χ4v) is 3.03. The maximum absolute atomic E-state index is 13.1. The van der Waals surface area contributed by atoms with Crippen LogP contribution in [0.5, 0.6) is 0 Å². The summed E-state index contributed by atoms with van der Waals surface area (Å²) in [5, 5.41) is 9.16. The minimum atomic E-state index is -3.98. The number of nitrogens with one attached hydrogen (secondary N) is 1. The van der Waals surface area contributed by atoms with E-state index in [9.17, 15) is 17.2 Å². The quantitative estimate of drug-likeness (QED) is 0.887. The molecule has 8 heteroatoms. The summed E-state index contributed by atoms with van der Waals surface area (Å²) in [6.45, 7) is 1.98. The minimum absolute atomic E-state index is 0.0851. The Balaban J connectivity index is 2.35. The van der Waals surface area contributed by atoms with Crippen LogP contribution in [0.3, 0.4) is 0 Å². The molecule has 0 atom stereocenters. The number of hydrogen-bond donors (Lipinski definition) is 2. The highest BCUT2D eigenvalue weighted by Crippen LogP contribution is 2.20. The molecule has 5 nitrogen and oxygen atoms in total. The molecule has 1 aromatic carbocycles. The number of aryl methyl sites for hydroxylation is 1. The van der Waals surface area contributed by atoms with E-state index >= 15 is 0 Å². The molecule has 0 aliphatic heterocycles. The second kappa shape index (κ2) is 5.82. The molecule has 2 aromatic rings. The number of benzene rings is 1. The molecule has 21 heavy (non-hydrogen) atoms. The summed E-state index contributed by atoms with van der Waals surface area (Å²) in [7, 11) is -3.98. The molecule has 0 saturated heterocycles. The second-order valence-corrected chi connectivity index (χ2v) is 6.06. The maximum Gasteiger partial charge on any atom is 0.263 e. The zero-order valence-electron chi connectivity index (χ0n) is 11.2. The molecule has 0 amide bonds. The Morgan fingerprint density at radius 3 is 2.29 bits per heavy atom. The summed E-state index contributed by atoms with van der Waals surface area (Å²) >= 11 is 0. The molecule has 114 valence electrons. The third-order valence-electron chi connectivity index (χ3n) is 2.89. The van der Waals surface area contributed by atoms with E-state index in [4.69, 9.17) is 5.11 Å². The van der Waals surface area contributed by atoms with Gasteiger partial charge in [-0.05, 0) is 25.1 Å². The van der Waals surface area contributed by atoms with Crippen LogP contribution in [0.2, 0.25) is 0 Å². The van der Waals surface area contributed by atoms with Crippen LogP contribution in [0.1, 0.15) is 12.6 Å². The molecular weight excluding hydrogens is 302 g/mol. The monoisotopic (exact) mass is 316 g/mol. The minimum Gasteiger partial charge on any atom is -0.390 e. The number of rotatable bonds is 5. The van der Waals surface area contributed by atoms with Crippen LogP contribution in [0.25, 0.3) is 0 Å². The van der Waals surface area contributed by atoms with E-state index in [-0.39, 0.29) is 17.2 Å². The van der Waals surface area contributed by atoms with Crippen molar-refractivity contribution in [3.05, 3.63) is 47.8 Å². The van der Waals surface area contributed by atoms with Crippen molar-refractivity contribution in [2.75, 3.05) is 4.72 Å². The number of sulfonamides is 1. The summed E-state index contributed by atoms with van der Waals surface area (Å²) < 4.78 is 54.2. The van der Waals surface area contributed by atoms with Gasteiger partial charge in [0, 0.05) is 24.5 Å². The number of aromatic nitrogens is 1. The van der Waals surface area contributed by atoms with Gasteiger partial charge in [0.05, 0.1) is 12.3 Å². The zero-order chi connectivity index (χ0) is 15.6. The van der Waals surface area contributed by atoms with Gasteiger partial charge in [-0.25, -0.2) is 17.2 Å².